The van der Waals surface area contributed by atoms with Gasteiger partial charge in [-0.2, -0.15) is 0 Å². The number of esters is 1. The number of methoxy groups -OCH3 is 1. The molecule has 3 heterocycles. The van der Waals surface area contributed by atoms with Crippen molar-refractivity contribution in [3.05, 3.63) is 77.0 Å². The Labute approximate surface area is 196 Å². The second-order valence-corrected chi connectivity index (χ2v) is 8.64. The third kappa shape index (κ3) is 3.83. The van der Waals surface area contributed by atoms with Crippen LogP contribution in [0.2, 0.25) is 0 Å². The largest absolute Gasteiger partial charge is 0.505 e. The number of fused-ring (bicyclic) bond motifs is 1. The summed E-state index contributed by atoms with van der Waals surface area (Å²) in [7, 11) is 1.24. The number of nitrogens with zero attached hydrogens (tertiary/aromatic N) is 3. The predicted octanol–water partition coefficient (Wildman–Crippen LogP) is 4.81. The standard InChI is InChI=1S/C27H25N3O4/c1-34-27(33)23-25(31)21-14-20(18-10-3-2-4-11-18)26(32)30(16-17-8-5-6-9-17)24(21)22(29-23)19-12-7-13-28-15-19/h2-4,7,10-15,17,31H,5-6,8-9,16H2,1H3. The normalized spacial score (nSPS) is 13.9. The van der Waals surface area contributed by atoms with Crippen LogP contribution in [0.15, 0.2) is 65.7 Å². The molecule has 1 aliphatic rings. The smallest absolute Gasteiger partial charge is 0.360 e. The third-order valence-electron chi connectivity index (χ3n) is 6.53. The number of carbonyl (C=O) groups excluding carboxylic acids is 1. The van der Waals surface area contributed by atoms with Crippen LogP contribution < -0.4 is 5.56 Å². The van der Waals surface area contributed by atoms with Crippen molar-refractivity contribution in [1.82, 2.24) is 14.5 Å². The fraction of sp³-hybridized carbons (Fsp3) is 0.259. The van der Waals surface area contributed by atoms with Gasteiger partial charge in [0.05, 0.1) is 18.3 Å². The molecule has 5 rings (SSSR count). The summed E-state index contributed by atoms with van der Waals surface area (Å²) in [6, 6.07) is 14.6. The molecule has 1 aliphatic carbocycles. The summed E-state index contributed by atoms with van der Waals surface area (Å²) in [5.74, 6) is -0.692. The number of ether oxygens (including phenoxy) is 1. The highest BCUT2D eigenvalue weighted by molar-refractivity contribution is 6.04. The first-order chi connectivity index (χ1) is 16.6. The number of hydrogen-bond donors (Lipinski definition) is 1. The van der Waals surface area contributed by atoms with Crippen LogP contribution in [0, 0.1) is 5.92 Å². The average molecular weight is 456 g/mol. The van der Waals surface area contributed by atoms with E-state index in [1.807, 2.05) is 36.4 Å². The minimum absolute atomic E-state index is 0.150. The monoisotopic (exact) mass is 455 g/mol. The highest BCUT2D eigenvalue weighted by Gasteiger charge is 2.26. The molecule has 1 aromatic carbocycles. The van der Waals surface area contributed by atoms with E-state index in [4.69, 9.17) is 4.74 Å². The van der Waals surface area contributed by atoms with Crippen LogP contribution in [-0.4, -0.2) is 32.7 Å². The van der Waals surface area contributed by atoms with Gasteiger partial charge in [0.25, 0.3) is 5.56 Å². The van der Waals surface area contributed by atoms with Gasteiger partial charge < -0.3 is 14.4 Å². The van der Waals surface area contributed by atoms with Gasteiger partial charge in [-0.1, -0.05) is 43.2 Å². The first-order valence-electron chi connectivity index (χ1n) is 11.4. The molecule has 34 heavy (non-hydrogen) atoms. The number of rotatable bonds is 5. The van der Waals surface area contributed by atoms with Crippen molar-refractivity contribution in [2.24, 2.45) is 5.92 Å². The molecule has 7 heteroatoms. The first-order valence-corrected chi connectivity index (χ1v) is 11.4. The van der Waals surface area contributed by atoms with Crippen LogP contribution in [0.1, 0.15) is 36.2 Å². The third-order valence-corrected chi connectivity index (χ3v) is 6.53. The Bertz CT molecular complexity index is 1410. The molecule has 0 radical (unpaired) electrons. The van der Waals surface area contributed by atoms with Crippen molar-refractivity contribution >= 4 is 16.9 Å². The van der Waals surface area contributed by atoms with E-state index in [0.29, 0.717) is 40.2 Å². The highest BCUT2D eigenvalue weighted by Crippen LogP contribution is 2.37. The van der Waals surface area contributed by atoms with Gasteiger partial charge in [0.2, 0.25) is 0 Å². The van der Waals surface area contributed by atoms with Gasteiger partial charge in [0, 0.05) is 35.5 Å². The molecular weight excluding hydrogens is 430 g/mol. The van der Waals surface area contributed by atoms with Gasteiger partial charge >= 0.3 is 5.97 Å². The Balaban J connectivity index is 1.90. The zero-order chi connectivity index (χ0) is 23.7. The van der Waals surface area contributed by atoms with Gasteiger partial charge in [0.1, 0.15) is 0 Å². The zero-order valence-corrected chi connectivity index (χ0v) is 18.9. The second-order valence-electron chi connectivity index (χ2n) is 8.64. The van der Waals surface area contributed by atoms with E-state index < -0.39 is 5.97 Å². The second kappa shape index (κ2) is 9.09. The number of aromatic nitrogens is 3. The molecule has 0 unspecified atom stereocenters. The molecule has 0 aliphatic heterocycles. The number of benzene rings is 1. The first kappa shape index (κ1) is 21.8. The molecular formula is C27H25N3O4. The summed E-state index contributed by atoms with van der Waals surface area (Å²) >= 11 is 0. The van der Waals surface area contributed by atoms with Crippen LogP contribution in [0.5, 0.6) is 5.75 Å². The molecule has 0 atom stereocenters. The summed E-state index contributed by atoms with van der Waals surface area (Å²) in [6.07, 6.45) is 7.65. The maximum atomic E-state index is 13.9. The van der Waals surface area contributed by atoms with Crippen molar-refractivity contribution in [2.45, 2.75) is 32.2 Å². The SMILES string of the molecule is COC(=O)c1nc(-c2cccnc2)c2c(cc(-c3ccccc3)c(=O)n2CC2CCCC2)c1O. The molecule has 0 saturated heterocycles. The Morgan fingerprint density at radius 2 is 1.85 bits per heavy atom. The van der Waals surface area contributed by atoms with E-state index in [9.17, 15) is 14.7 Å². The molecule has 0 bridgehead atoms. The van der Waals surface area contributed by atoms with E-state index >= 15 is 0 Å². The van der Waals surface area contributed by atoms with Crippen molar-refractivity contribution in [2.75, 3.05) is 7.11 Å². The number of aromatic hydroxyl groups is 1. The van der Waals surface area contributed by atoms with E-state index in [1.165, 1.54) is 7.11 Å². The molecule has 1 saturated carbocycles. The molecule has 0 spiro atoms. The minimum atomic E-state index is -0.751. The maximum Gasteiger partial charge on any atom is 0.360 e. The van der Waals surface area contributed by atoms with Crippen LogP contribution in [-0.2, 0) is 11.3 Å². The highest BCUT2D eigenvalue weighted by atomic mass is 16.5. The summed E-state index contributed by atoms with van der Waals surface area (Å²) < 4.78 is 6.61. The summed E-state index contributed by atoms with van der Waals surface area (Å²) in [4.78, 5) is 35.1. The van der Waals surface area contributed by atoms with Crippen molar-refractivity contribution < 1.29 is 14.6 Å². The molecule has 172 valence electrons. The van der Waals surface area contributed by atoms with E-state index in [2.05, 4.69) is 9.97 Å². The summed E-state index contributed by atoms with van der Waals surface area (Å²) in [6.45, 7) is 0.516. The Hall–Kier alpha value is -4.00. The molecule has 3 aromatic heterocycles. The lowest BCUT2D eigenvalue weighted by molar-refractivity contribution is 0.0591. The Morgan fingerprint density at radius 3 is 2.53 bits per heavy atom. The zero-order valence-electron chi connectivity index (χ0n) is 18.9. The molecule has 1 N–H and O–H groups in total. The molecule has 1 fully saturated rings. The number of carbonyl (C=O) groups is 1. The van der Waals surface area contributed by atoms with Crippen LogP contribution >= 0.6 is 0 Å². The lowest BCUT2D eigenvalue weighted by Crippen LogP contribution is -2.26. The Kier molecular flexibility index (Phi) is 5.84. The van der Waals surface area contributed by atoms with E-state index in [0.717, 1.165) is 31.2 Å². The van der Waals surface area contributed by atoms with Gasteiger partial charge in [-0.25, -0.2) is 9.78 Å². The molecule has 4 aromatic rings. The fourth-order valence-corrected chi connectivity index (χ4v) is 4.84. The maximum absolute atomic E-state index is 13.9. The summed E-state index contributed by atoms with van der Waals surface area (Å²) in [5.41, 5.74) is 2.41. The molecule has 7 nitrogen and oxygen atoms in total. The van der Waals surface area contributed by atoms with Gasteiger partial charge in [-0.15, -0.1) is 0 Å². The lowest BCUT2D eigenvalue weighted by atomic mass is 10.00. The van der Waals surface area contributed by atoms with Crippen molar-refractivity contribution in [3.63, 3.8) is 0 Å². The van der Waals surface area contributed by atoms with Crippen LogP contribution in [0.3, 0.4) is 0 Å². The van der Waals surface area contributed by atoms with Crippen molar-refractivity contribution in [3.8, 4) is 28.1 Å². The van der Waals surface area contributed by atoms with Gasteiger partial charge in [0.15, 0.2) is 11.4 Å². The summed E-state index contributed by atoms with van der Waals surface area (Å²) in [5, 5.41) is 11.6. The van der Waals surface area contributed by atoms with Gasteiger partial charge in [-0.3, -0.25) is 9.78 Å². The van der Waals surface area contributed by atoms with Crippen LogP contribution in [0.25, 0.3) is 33.3 Å². The average Bonchev–Trinajstić information content (AvgIpc) is 3.40. The fourth-order valence-electron chi connectivity index (χ4n) is 4.84. The van der Waals surface area contributed by atoms with Crippen LogP contribution in [0.4, 0.5) is 0 Å². The quantitative estimate of drug-likeness (QED) is 0.434. The lowest BCUT2D eigenvalue weighted by Gasteiger charge is -2.20. The number of hydrogen-bond acceptors (Lipinski definition) is 6. The van der Waals surface area contributed by atoms with E-state index in [-0.39, 0.29) is 17.0 Å². The Morgan fingerprint density at radius 1 is 1.12 bits per heavy atom. The van der Waals surface area contributed by atoms with E-state index in [1.54, 1.807) is 29.1 Å². The van der Waals surface area contributed by atoms with Crippen molar-refractivity contribution in [1.29, 1.82) is 0 Å². The number of pyridine rings is 3. The molecule has 0 amide bonds. The predicted molar refractivity (Wildman–Crippen MR) is 130 cm³/mol. The minimum Gasteiger partial charge on any atom is -0.505 e. The topological polar surface area (TPSA) is 94.3 Å². The van der Waals surface area contributed by atoms with Gasteiger partial charge in [-0.05, 0) is 42.5 Å².